The highest BCUT2D eigenvalue weighted by atomic mass is 16.1. The quantitative estimate of drug-likeness (QED) is 0.716. The molecule has 1 aliphatic carbocycles. The first kappa shape index (κ1) is 18.3. The second-order valence-corrected chi connectivity index (χ2v) is 8.45. The van der Waals surface area contributed by atoms with Gasteiger partial charge in [0, 0.05) is 36.1 Å². The number of carbonyl (C=O) groups excluding carboxylic acids is 1. The summed E-state index contributed by atoms with van der Waals surface area (Å²) in [5, 5.41) is 4.21. The minimum absolute atomic E-state index is 0.0156. The van der Waals surface area contributed by atoms with Crippen molar-refractivity contribution >= 4 is 16.8 Å². The SMILES string of the molecule is Cc1ccc(-c2cc(C(=O)NC3CCN(C4CC4)CC3)c3ccccc3n2)cc1. The number of rotatable bonds is 4. The molecular formula is C25H27N3O. The number of nitrogens with zero attached hydrogens (tertiary/aromatic N) is 2. The number of hydrogen-bond acceptors (Lipinski definition) is 3. The first-order valence-corrected chi connectivity index (χ1v) is 10.7. The van der Waals surface area contributed by atoms with Gasteiger partial charge in [-0.05, 0) is 44.7 Å². The molecule has 2 heterocycles. The van der Waals surface area contributed by atoms with Gasteiger partial charge in [0.15, 0.2) is 0 Å². The summed E-state index contributed by atoms with van der Waals surface area (Å²) in [4.78, 5) is 20.6. The van der Waals surface area contributed by atoms with Crippen LogP contribution in [0.2, 0.25) is 0 Å². The normalized spacial score (nSPS) is 18.1. The number of amides is 1. The summed E-state index contributed by atoms with van der Waals surface area (Å²) in [6, 6.07) is 19.2. The molecule has 29 heavy (non-hydrogen) atoms. The van der Waals surface area contributed by atoms with Crippen molar-refractivity contribution in [2.75, 3.05) is 13.1 Å². The van der Waals surface area contributed by atoms with Crippen molar-refractivity contribution in [1.82, 2.24) is 15.2 Å². The van der Waals surface area contributed by atoms with Gasteiger partial charge in [-0.15, -0.1) is 0 Å². The Morgan fingerprint density at radius 3 is 2.45 bits per heavy atom. The Kier molecular flexibility index (Phi) is 4.80. The monoisotopic (exact) mass is 385 g/mol. The van der Waals surface area contributed by atoms with Crippen molar-refractivity contribution in [2.45, 2.75) is 44.7 Å². The van der Waals surface area contributed by atoms with E-state index in [2.05, 4.69) is 41.4 Å². The minimum Gasteiger partial charge on any atom is -0.349 e. The Morgan fingerprint density at radius 2 is 1.72 bits per heavy atom. The second-order valence-electron chi connectivity index (χ2n) is 8.45. The predicted molar refractivity (Wildman–Crippen MR) is 117 cm³/mol. The third kappa shape index (κ3) is 3.90. The van der Waals surface area contributed by atoms with E-state index >= 15 is 0 Å². The Morgan fingerprint density at radius 1 is 1.00 bits per heavy atom. The highest BCUT2D eigenvalue weighted by Crippen LogP contribution is 2.30. The van der Waals surface area contributed by atoms with Crippen LogP contribution >= 0.6 is 0 Å². The molecule has 1 amide bonds. The molecule has 2 aromatic carbocycles. The van der Waals surface area contributed by atoms with Gasteiger partial charge in [0.1, 0.15) is 0 Å². The Bertz CT molecular complexity index is 1030. The van der Waals surface area contributed by atoms with E-state index in [-0.39, 0.29) is 11.9 Å². The molecule has 0 atom stereocenters. The average molecular weight is 386 g/mol. The molecule has 0 spiro atoms. The Labute approximate surface area is 171 Å². The number of benzene rings is 2. The zero-order valence-corrected chi connectivity index (χ0v) is 16.9. The molecule has 3 aromatic rings. The first-order valence-electron chi connectivity index (χ1n) is 10.7. The summed E-state index contributed by atoms with van der Waals surface area (Å²) in [7, 11) is 0. The maximum absolute atomic E-state index is 13.2. The van der Waals surface area contributed by atoms with Crippen LogP contribution in [0.4, 0.5) is 0 Å². The molecule has 0 unspecified atom stereocenters. The molecule has 5 rings (SSSR count). The molecule has 1 saturated heterocycles. The lowest BCUT2D eigenvalue weighted by Crippen LogP contribution is -2.45. The second kappa shape index (κ2) is 7.60. The van der Waals surface area contributed by atoms with Gasteiger partial charge in [-0.2, -0.15) is 0 Å². The predicted octanol–water partition coefficient (Wildman–Crippen LogP) is 4.57. The van der Waals surface area contributed by atoms with E-state index in [1.54, 1.807) is 0 Å². The largest absolute Gasteiger partial charge is 0.349 e. The lowest BCUT2D eigenvalue weighted by atomic mass is 10.0. The lowest BCUT2D eigenvalue weighted by molar-refractivity contribution is 0.0910. The Hall–Kier alpha value is -2.72. The number of carbonyl (C=O) groups is 1. The number of pyridine rings is 1. The smallest absolute Gasteiger partial charge is 0.252 e. The third-order valence-corrected chi connectivity index (χ3v) is 6.24. The van der Waals surface area contributed by atoms with E-state index in [1.165, 1.54) is 18.4 Å². The van der Waals surface area contributed by atoms with Crippen molar-refractivity contribution in [1.29, 1.82) is 0 Å². The third-order valence-electron chi connectivity index (χ3n) is 6.24. The van der Waals surface area contributed by atoms with Crippen molar-refractivity contribution in [3.05, 3.63) is 65.7 Å². The van der Waals surface area contributed by atoms with E-state index in [0.29, 0.717) is 0 Å². The number of hydrogen-bond donors (Lipinski definition) is 1. The summed E-state index contributed by atoms with van der Waals surface area (Å²) in [5.41, 5.74) is 4.67. The van der Waals surface area contributed by atoms with E-state index in [0.717, 1.165) is 59.7 Å². The maximum atomic E-state index is 13.2. The summed E-state index contributed by atoms with van der Waals surface area (Å²) < 4.78 is 0. The van der Waals surface area contributed by atoms with Gasteiger partial charge in [-0.25, -0.2) is 4.98 Å². The molecule has 2 aliphatic rings. The van der Waals surface area contributed by atoms with Crippen molar-refractivity contribution in [3.8, 4) is 11.3 Å². The molecular weight excluding hydrogens is 358 g/mol. The number of aromatic nitrogens is 1. The zero-order chi connectivity index (χ0) is 19.8. The summed E-state index contributed by atoms with van der Waals surface area (Å²) in [6.07, 6.45) is 4.77. The number of fused-ring (bicyclic) bond motifs is 1. The fourth-order valence-corrected chi connectivity index (χ4v) is 4.35. The van der Waals surface area contributed by atoms with Crippen LogP contribution in [0, 0.1) is 6.92 Å². The summed E-state index contributed by atoms with van der Waals surface area (Å²) >= 11 is 0. The molecule has 1 aromatic heterocycles. The van der Waals surface area contributed by atoms with Crippen molar-refractivity contribution in [3.63, 3.8) is 0 Å². The van der Waals surface area contributed by atoms with Crippen molar-refractivity contribution < 1.29 is 4.79 Å². The van der Waals surface area contributed by atoms with Gasteiger partial charge >= 0.3 is 0 Å². The minimum atomic E-state index is 0.0156. The van der Waals surface area contributed by atoms with Crippen LogP contribution < -0.4 is 5.32 Å². The van der Waals surface area contributed by atoms with Crippen LogP contribution in [0.5, 0.6) is 0 Å². The molecule has 1 aliphatic heterocycles. The van der Waals surface area contributed by atoms with E-state index < -0.39 is 0 Å². The van der Waals surface area contributed by atoms with E-state index in [1.807, 2.05) is 30.3 Å². The van der Waals surface area contributed by atoms with Gasteiger partial charge in [0.25, 0.3) is 5.91 Å². The molecule has 4 nitrogen and oxygen atoms in total. The van der Waals surface area contributed by atoms with Gasteiger partial charge in [-0.1, -0.05) is 48.0 Å². The molecule has 1 saturated carbocycles. The number of likely N-dealkylation sites (tertiary alicyclic amines) is 1. The number of aryl methyl sites for hydroxylation is 1. The fraction of sp³-hybridized carbons (Fsp3) is 0.360. The van der Waals surface area contributed by atoms with Crippen LogP contribution in [-0.2, 0) is 0 Å². The van der Waals surface area contributed by atoms with Crippen LogP contribution in [-0.4, -0.2) is 41.0 Å². The van der Waals surface area contributed by atoms with Gasteiger partial charge in [0.2, 0.25) is 0 Å². The molecule has 0 bridgehead atoms. The van der Waals surface area contributed by atoms with Crippen molar-refractivity contribution in [2.24, 2.45) is 0 Å². The van der Waals surface area contributed by atoms with Crippen LogP contribution in [0.25, 0.3) is 22.2 Å². The summed E-state index contributed by atoms with van der Waals surface area (Å²) in [5.74, 6) is 0.0156. The highest BCUT2D eigenvalue weighted by Gasteiger charge is 2.32. The lowest BCUT2D eigenvalue weighted by Gasteiger charge is -2.32. The molecule has 0 radical (unpaired) electrons. The fourth-order valence-electron chi connectivity index (χ4n) is 4.35. The molecule has 148 valence electrons. The highest BCUT2D eigenvalue weighted by molar-refractivity contribution is 6.07. The molecule has 2 fully saturated rings. The maximum Gasteiger partial charge on any atom is 0.252 e. The van der Waals surface area contributed by atoms with Gasteiger partial charge in [0.05, 0.1) is 16.8 Å². The van der Waals surface area contributed by atoms with Crippen LogP contribution in [0.1, 0.15) is 41.6 Å². The number of nitrogens with one attached hydrogen (secondary N) is 1. The average Bonchev–Trinajstić information content (AvgIpc) is 3.59. The summed E-state index contributed by atoms with van der Waals surface area (Å²) in [6.45, 7) is 4.27. The Balaban J connectivity index is 1.42. The topological polar surface area (TPSA) is 45.2 Å². The number of para-hydroxylation sites is 1. The van der Waals surface area contributed by atoms with Crippen LogP contribution in [0.15, 0.2) is 54.6 Å². The molecule has 4 heteroatoms. The van der Waals surface area contributed by atoms with Gasteiger partial charge in [-0.3, -0.25) is 4.79 Å². The number of piperidine rings is 1. The standard InChI is InChI=1S/C25H27N3O/c1-17-6-8-18(9-7-17)24-16-22(21-4-2-3-5-23(21)27-24)25(29)26-19-12-14-28(15-13-19)20-10-11-20/h2-9,16,19-20H,10-15H2,1H3,(H,26,29). The van der Waals surface area contributed by atoms with E-state index in [9.17, 15) is 4.79 Å². The first-order chi connectivity index (χ1) is 14.2. The molecule has 1 N–H and O–H groups in total. The van der Waals surface area contributed by atoms with Gasteiger partial charge < -0.3 is 10.2 Å². The zero-order valence-electron chi connectivity index (χ0n) is 16.9. The van der Waals surface area contributed by atoms with Crippen LogP contribution in [0.3, 0.4) is 0 Å². The van der Waals surface area contributed by atoms with E-state index in [4.69, 9.17) is 4.98 Å².